The summed E-state index contributed by atoms with van der Waals surface area (Å²) in [5, 5.41) is 13.3. The number of hydrogen-bond donors (Lipinski definition) is 3. The fourth-order valence-corrected chi connectivity index (χ4v) is 2.03. The molecule has 0 spiro atoms. The van der Waals surface area contributed by atoms with Crippen molar-refractivity contribution in [3.63, 3.8) is 0 Å². The molecule has 0 aliphatic heterocycles. The number of nitrogen functional groups attached to an aromatic ring is 1. The van der Waals surface area contributed by atoms with Gasteiger partial charge in [0.2, 0.25) is 0 Å². The molecule has 0 unspecified atom stereocenters. The summed E-state index contributed by atoms with van der Waals surface area (Å²) in [4.78, 5) is 24.0. The molecule has 0 saturated heterocycles. The third-order valence-electron chi connectivity index (χ3n) is 3.37. The number of nitrogens with one attached hydrogen (secondary N) is 2. The lowest BCUT2D eigenvalue weighted by atomic mass is 10.1. The molecule has 0 bridgehead atoms. The van der Waals surface area contributed by atoms with Gasteiger partial charge in [-0.15, -0.1) is 0 Å². The summed E-state index contributed by atoms with van der Waals surface area (Å²) in [6.07, 6.45) is -3.85. The van der Waals surface area contributed by atoms with Crippen LogP contribution in [0.4, 0.5) is 24.5 Å². The van der Waals surface area contributed by atoms with Crippen LogP contribution in [0.25, 0.3) is 0 Å². The first-order chi connectivity index (χ1) is 12.7. The quantitative estimate of drug-likeness (QED) is 0.434. The van der Waals surface area contributed by atoms with Crippen LogP contribution in [0.2, 0.25) is 0 Å². The first kappa shape index (κ1) is 19.5. The minimum Gasteiger partial charge on any atom is -0.399 e. The zero-order chi connectivity index (χ0) is 20.0. The Morgan fingerprint density at radius 3 is 2.30 bits per heavy atom. The summed E-state index contributed by atoms with van der Waals surface area (Å²) < 4.78 is 38.9. The summed E-state index contributed by atoms with van der Waals surface area (Å²) in [7, 11) is 0. The van der Waals surface area contributed by atoms with Crippen LogP contribution in [0.3, 0.4) is 0 Å². The Labute approximate surface area is 152 Å². The topological polar surface area (TPSA) is 108 Å². The number of nitrogens with two attached hydrogens (primary N) is 1. The third kappa shape index (κ3) is 5.09. The van der Waals surface area contributed by atoms with E-state index in [0.717, 1.165) is 18.3 Å². The highest BCUT2D eigenvalue weighted by Crippen LogP contribution is 2.34. The van der Waals surface area contributed by atoms with E-state index in [1.54, 1.807) is 0 Å². The fraction of sp³-hybridized carbons (Fsp3) is 0.0556. The highest BCUT2D eigenvalue weighted by atomic mass is 19.4. The first-order valence-electron chi connectivity index (χ1n) is 7.46. The van der Waals surface area contributed by atoms with Crippen LogP contribution >= 0.6 is 0 Å². The van der Waals surface area contributed by atoms with Crippen molar-refractivity contribution >= 4 is 23.2 Å². The second-order valence-electron chi connectivity index (χ2n) is 5.26. The van der Waals surface area contributed by atoms with Crippen LogP contribution < -0.4 is 16.4 Å². The molecule has 0 saturated carbocycles. The Morgan fingerprint density at radius 1 is 1.07 bits per heavy atom. The fourth-order valence-electron chi connectivity index (χ4n) is 2.03. The molecular weight excluding hydrogens is 361 g/mol. The van der Waals surface area contributed by atoms with Gasteiger partial charge in [0.25, 0.3) is 11.8 Å². The van der Waals surface area contributed by atoms with Crippen molar-refractivity contribution in [2.24, 2.45) is 0 Å². The molecule has 0 aliphatic rings. The van der Waals surface area contributed by atoms with Crippen LogP contribution in [-0.2, 0) is 11.0 Å². The second kappa shape index (κ2) is 8.05. The van der Waals surface area contributed by atoms with Gasteiger partial charge in [0.1, 0.15) is 11.6 Å². The number of nitrogens with zero attached hydrogens (tertiary/aromatic N) is 1. The SMILES string of the molecule is N#C/C(=C/NC(=O)c1ccc(N)cc1)C(=O)Nc1ccccc1C(F)(F)F. The van der Waals surface area contributed by atoms with Gasteiger partial charge in [-0.25, -0.2) is 0 Å². The number of anilines is 2. The molecule has 0 fully saturated rings. The number of nitriles is 1. The molecule has 2 rings (SSSR count). The maximum Gasteiger partial charge on any atom is 0.418 e. The van der Waals surface area contributed by atoms with Crippen molar-refractivity contribution in [1.82, 2.24) is 5.32 Å². The van der Waals surface area contributed by atoms with E-state index >= 15 is 0 Å². The van der Waals surface area contributed by atoms with Crippen molar-refractivity contribution in [2.45, 2.75) is 6.18 Å². The molecule has 4 N–H and O–H groups in total. The average molecular weight is 374 g/mol. The van der Waals surface area contributed by atoms with Crippen molar-refractivity contribution in [3.8, 4) is 6.07 Å². The van der Waals surface area contributed by atoms with Gasteiger partial charge < -0.3 is 16.4 Å². The molecule has 6 nitrogen and oxygen atoms in total. The molecule has 2 aromatic rings. The normalized spacial score (nSPS) is 11.4. The number of rotatable bonds is 4. The highest BCUT2D eigenvalue weighted by Gasteiger charge is 2.33. The lowest BCUT2D eigenvalue weighted by Gasteiger charge is -2.13. The Morgan fingerprint density at radius 2 is 1.70 bits per heavy atom. The minimum absolute atomic E-state index is 0.223. The minimum atomic E-state index is -4.68. The molecule has 0 atom stereocenters. The number of para-hydroxylation sites is 1. The Balaban J connectivity index is 2.15. The van der Waals surface area contributed by atoms with Gasteiger partial charge in [0.05, 0.1) is 11.3 Å². The molecule has 138 valence electrons. The van der Waals surface area contributed by atoms with E-state index in [1.165, 1.54) is 42.5 Å². The van der Waals surface area contributed by atoms with E-state index in [4.69, 9.17) is 11.0 Å². The van der Waals surface area contributed by atoms with E-state index in [1.807, 2.05) is 5.32 Å². The van der Waals surface area contributed by atoms with Crippen LogP contribution in [-0.4, -0.2) is 11.8 Å². The molecule has 0 heterocycles. The number of carbonyl (C=O) groups is 2. The Kier molecular flexibility index (Phi) is 5.82. The summed E-state index contributed by atoms with van der Waals surface area (Å²) >= 11 is 0. The maximum absolute atomic E-state index is 13.0. The lowest BCUT2D eigenvalue weighted by Crippen LogP contribution is -2.22. The van der Waals surface area contributed by atoms with E-state index < -0.39 is 34.8 Å². The van der Waals surface area contributed by atoms with Crippen LogP contribution in [0.1, 0.15) is 15.9 Å². The predicted octanol–water partition coefficient (Wildman–Crippen LogP) is 3.06. The van der Waals surface area contributed by atoms with Gasteiger partial charge in [0, 0.05) is 17.5 Å². The summed E-state index contributed by atoms with van der Waals surface area (Å²) in [6.45, 7) is 0. The second-order valence-corrected chi connectivity index (χ2v) is 5.26. The van der Waals surface area contributed by atoms with E-state index in [9.17, 15) is 22.8 Å². The number of benzene rings is 2. The van der Waals surface area contributed by atoms with E-state index in [-0.39, 0.29) is 5.56 Å². The average Bonchev–Trinajstić information content (AvgIpc) is 2.62. The van der Waals surface area contributed by atoms with Gasteiger partial charge >= 0.3 is 6.18 Å². The highest BCUT2D eigenvalue weighted by molar-refractivity contribution is 6.07. The molecule has 9 heteroatoms. The van der Waals surface area contributed by atoms with Crippen LogP contribution in [0, 0.1) is 11.3 Å². The van der Waals surface area contributed by atoms with Gasteiger partial charge in [-0.1, -0.05) is 12.1 Å². The van der Waals surface area contributed by atoms with E-state index in [0.29, 0.717) is 5.69 Å². The summed E-state index contributed by atoms with van der Waals surface area (Å²) in [5.74, 6) is -1.71. The standard InChI is InChI=1S/C18H13F3N4O2/c19-18(20,21)14-3-1-2-4-15(14)25-17(27)12(9-22)10-24-16(26)11-5-7-13(23)8-6-11/h1-8,10H,23H2,(H,24,26)(H,25,27)/b12-10-. The summed E-state index contributed by atoms with van der Waals surface area (Å²) in [6, 6.07) is 11.7. The smallest absolute Gasteiger partial charge is 0.399 e. The number of alkyl halides is 3. The molecule has 0 aromatic heterocycles. The van der Waals surface area contributed by atoms with Crippen LogP contribution in [0.5, 0.6) is 0 Å². The number of hydrogen-bond acceptors (Lipinski definition) is 4. The van der Waals surface area contributed by atoms with Gasteiger partial charge in [0.15, 0.2) is 0 Å². The molecule has 2 aromatic carbocycles. The van der Waals surface area contributed by atoms with Crippen LogP contribution in [0.15, 0.2) is 60.3 Å². The molecule has 27 heavy (non-hydrogen) atoms. The predicted molar refractivity (Wildman–Crippen MR) is 92.1 cm³/mol. The van der Waals surface area contributed by atoms with Crippen molar-refractivity contribution in [3.05, 3.63) is 71.4 Å². The lowest BCUT2D eigenvalue weighted by molar-refractivity contribution is -0.137. The van der Waals surface area contributed by atoms with Crippen molar-refractivity contribution in [1.29, 1.82) is 5.26 Å². The monoisotopic (exact) mass is 374 g/mol. The first-order valence-corrected chi connectivity index (χ1v) is 7.46. The number of amides is 2. The number of halogens is 3. The summed E-state index contributed by atoms with van der Waals surface area (Å²) in [5.41, 5.74) is 4.05. The third-order valence-corrected chi connectivity index (χ3v) is 3.37. The molecule has 2 amide bonds. The number of carbonyl (C=O) groups excluding carboxylic acids is 2. The molecule has 0 aliphatic carbocycles. The zero-order valence-electron chi connectivity index (χ0n) is 13.7. The van der Waals surface area contributed by atoms with Crippen molar-refractivity contribution < 1.29 is 22.8 Å². The van der Waals surface area contributed by atoms with E-state index in [2.05, 4.69) is 5.32 Å². The maximum atomic E-state index is 13.0. The largest absolute Gasteiger partial charge is 0.418 e. The molecule has 0 radical (unpaired) electrons. The Hall–Kier alpha value is -3.80. The Bertz CT molecular complexity index is 929. The zero-order valence-corrected chi connectivity index (χ0v) is 13.7. The molecular formula is C18H13F3N4O2. The van der Waals surface area contributed by atoms with Crippen molar-refractivity contribution in [2.75, 3.05) is 11.1 Å². The van der Waals surface area contributed by atoms with Gasteiger partial charge in [-0.3, -0.25) is 9.59 Å². The van der Waals surface area contributed by atoms with Gasteiger partial charge in [-0.2, -0.15) is 18.4 Å². The van der Waals surface area contributed by atoms with Gasteiger partial charge in [-0.05, 0) is 36.4 Å².